The van der Waals surface area contributed by atoms with Crippen molar-refractivity contribution in [3.63, 3.8) is 0 Å². The summed E-state index contributed by atoms with van der Waals surface area (Å²) in [6.45, 7) is 0. The van der Waals surface area contributed by atoms with Gasteiger partial charge in [0.05, 0.1) is 0 Å². The Balaban J connectivity index is 1.06. The van der Waals surface area contributed by atoms with Crippen LogP contribution in [0.4, 0.5) is 0 Å². The van der Waals surface area contributed by atoms with Crippen LogP contribution in [0, 0.1) is 0 Å². The molecule has 0 amide bonds. The van der Waals surface area contributed by atoms with Gasteiger partial charge in [-0.25, -0.2) is 15.0 Å². The maximum absolute atomic E-state index is 15.2. The molecule has 0 aliphatic heterocycles. The Morgan fingerprint density at radius 1 is 0.344 bits per heavy atom. The number of nitrogens with zero attached hydrogens (tertiary/aromatic N) is 3. The van der Waals surface area contributed by atoms with Crippen molar-refractivity contribution in [2.75, 3.05) is 0 Å². The van der Waals surface area contributed by atoms with E-state index in [0.717, 1.165) is 87.6 Å². The van der Waals surface area contributed by atoms with Crippen LogP contribution < -0.4 is 15.9 Å². The van der Waals surface area contributed by atoms with Gasteiger partial charge in [-0.1, -0.05) is 200 Å². The minimum atomic E-state index is -3.13. The van der Waals surface area contributed by atoms with Gasteiger partial charge in [0.1, 0.15) is 11.2 Å². The highest BCUT2D eigenvalue weighted by Gasteiger charge is 2.29. The maximum Gasteiger partial charge on any atom is 0.171 e. The fraction of sp³-hybridized carbons (Fsp3) is 0. The first-order valence-electron chi connectivity index (χ1n) is 20.3. The van der Waals surface area contributed by atoms with Crippen LogP contribution in [-0.4, -0.2) is 15.0 Å². The molecular formula is C55H36N3O2P. The van der Waals surface area contributed by atoms with Crippen molar-refractivity contribution in [1.29, 1.82) is 0 Å². The van der Waals surface area contributed by atoms with Crippen molar-refractivity contribution in [2.45, 2.75) is 0 Å². The molecule has 0 radical (unpaired) electrons. The molecule has 0 N–H and O–H groups in total. The second-order valence-electron chi connectivity index (χ2n) is 15.1. The number of hydrogen-bond acceptors (Lipinski definition) is 5. The van der Waals surface area contributed by atoms with Gasteiger partial charge >= 0.3 is 0 Å². The summed E-state index contributed by atoms with van der Waals surface area (Å²) in [5.74, 6) is 1.84. The number of rotatable bonds is 8. The molecule has 9 aromatic carbocycles. The molecule has 2 heterocycles. The summed E-state index contributed by atoms with van der Waals surface area (Å²) < 4.78 is 21.9. The lowest BCUT2D eigenvalue weighted by Crippen LogP contribution is -2.24. The number of benzene rings is 9. The van der Waals surface area contributed by atoms with Crippen LogP contribution in [0.2, 0.25) is 0 Å². The van der Waals surface area contributed by atoms with E-state index in [-0.39, 0.29) is 0 Å². The van der Waals surface area contributed by atoms with E-state index in [1.54, 1.807) is 0 Å². The van der Waals surface area contributed by atoms with Crippen molar-refractivity contribution < 1.29 is 8.98 Å². The molecule has 6 heteroatoms. The zero-order chi connectivity index (χ0) is 40.8. The monoisotopic (exact) mass is 801 g/mol. The van der Waals surface area contributed by atoms with Crippen LogP contribution in [0.3, 0.4) is 0 Å². The largest absolute Gasteiger partial charge is 0.455 e. The average Bonchev–Trinajstić information content (AvgIpc) is 3.74. The van der Waals surface area contributed by atoms with Crippen LogP contribution in [0.25, 0.3) is 89.1 Å². The summed E-state index contributed by atoms with van der Waals surface area (Å²) in [5, 5.41) is 6.57. The first-order chi connectivity index (χ1) is 30.1. The molecule has 0 saturated heterocycles. The van der Waals surface area contributed by atoms with E-state index in [0.29, 0.717) is 17.5 Å². The van der Waals surface area contributed by atoms with Crippen molar-refractivity contribution in [3.05, 3.63) is 218 Å². The molecule has 61 heavy (non-hydrogen) atoms. The predicted molar refractivity (Wildman–Crippen MR) is 251 cm³/mol. The Hall–Kier alpha value is -7.72. The molecule has 0 aliphatic carbocycles. The van der Waals surface area contributed by atoms with Crippen molar-refractivity contribution in [1.82, 2.24) is 15.0 Å². The summed E-state index contributed by atoms with van der Waals surface area (Å²) >= 11 is 0. The standard InChI is InChI=1S/C55H36N3O2P/c59-61(42-23-9-3-10-24-42,43-25-11-4-12-26-43)44-33-31-37(32-34-44)45-29-16-30-50-51(45)49-36-48(46-27-13-14-28-47(46)52(49)60-50)40-21-15-22-41(35-40)55-57-53(38-17-5-1-6-18-38)56-54(58-55)39-19-7-2-8-20-39/h1-36H. The molecule has 288 valence electrons. The molecule has 0 spiro atoms. The SMILES string of the molecule is O=P(c1ccccc1)(c1ccccc1)c1ccc(-c2cccc3oc4c5ccccc5c(-c5cccc(-c6nc(-c7ccccc7)nc(-c7ccccc7)n6)c5)cc4c23)cc1. The lowest BCUT2D eigenvalue weighted by Gasteiger charge is -2.20. The number of aromatic nitrogens is 3. The molecule has 0 saturated carbocycles. The van der Waals surface area contributed by atoms with Gasteiger partial charge in [-0.2, -0.15) is 0 Å². The fourth-order valence-electron chi connectivity index (χ4n) is 8.47. The van der Waals surface area contributed by atoms with Gasteiger partial charge in [-0.05, 0) is 45.8 Å². The normalized spacial score (nSPS) is 11.7. The summed E-state index contributed by atoms with van der Waals surface area (Å²) in [4.78, 5) is 15.0. The van der Waals surface area contributed by atoms with E-state index >= 15 is 4.57 Å². The van der Waals surface area contributed by atoms with E-state index in [1.165, 1.54) is 0 Å². The topological polar surface area (TPSA) is 68.9 Å². The maximum atomic E-state index is 15.2. The fourth-order valence-corrected chi connectivity index (χ4v) is 11.1. The van der Waals surface area contributed by atoms with Crippen molar-refractivity contribution in [2.24, 2.45) is 0 Å². The van der Waals surface area contributed by atoms with Gasteiger partial charge in [0.25, 0.3) is 0 Å². The predicted octanol–water partition coefficient (Wildman–Crippen LogP) is 12.9. The van der Waals surface area contributed by atoms with Crippen LogP contribution in [0.15, 0.2) is 223 Å². The average molecular weight is 802 g/mol. The molecule has 0 unspecified atom stereocenters. The van der Waals surface area contributed by atoms with E-state index in [2.05, 4.69) is 72.8 Å². The van der Waals surface area contributed by atoms with Gasteiger partial charge in [0, 0.05) is 48.8 Å². The van der Waals surface area contributed by atoms with Gasteiger partial charge < -0.3 is 8.98 Å². The van der Waals surface area contributed by atoms with Crippen molar-refractivity contribution >= 4 is 55.8 Å². The second kappa shape index (κ2) is 15.1. The van der Waals surface area contributed by atoms with Crippen LogP contribution in [0.1, 0.15) is 0 Å². The van der Waals surface area contributed by atoms with Gasteiger partial charge in [-0.3, -0.25) is 0 Å². The Morgan fingerprint density at radius 2 is 0.820 bits per heavy atom. The third kappa shape index (κ3) is 6.44. The number of furan rings is 1. The Morgan fingerprint density at radius 3 is 1.43 bits per heavy atom. The first kappa shape index (κ1) is 36.4. The van der Waals surface area contributed by atoms with Gasteiger partial charge in [-0.15, -0.1) is 0 Å². The van der Waals surface area contributed by atoms with Gasteiger partial charge in [0.15, 0.2) is 24.6 Å². The third-order valence-electron chi connectivity index (χ3n) is 11.4. The van der Waals surface area contributed by atoms with E-state index in [4.69, 9.17) is 19.4 Å². The summed E-state index contributed by atoms with van der Waals surface area (Å²) in [7, 11) is -3.13. The molecule has 0 bridgehead atoms. The van der Waals surface area contributed by atoms with Crippen molar-refractivity contribution in [3.8, 4) is 56.4 Å². The van der Waals surface area contributed by atoms with Gasteiger partial charge in [0.2, 0.25) is 0 Å². The lowest BCUT2D eigenvalue weighted by molar-refractivity contribution is 0.592. The quantitative estimate of drug-likeness (QED) is 0.143. The highest BCUT2D eigenvalue weighted by Crippen LogP contribution is 2.45. The second-order valence-corrected chi connectivity index (χ2v) is 17.8. The van der Waals surface area contributed by atoms with Crippen LogP contribution >= 0.6 is 7.14 Å². The van der Waals surface area contributed by atoms with Crippen LogP contribution in [-0.2, 0) is 4.57 Å². The summed E-state index contributed by atoms with van der Waals surface area (Å²) in [5.41, 5.74) is 8.55. The molecule has 0 atom stereocenters. The van der Waals surface area contributed by atoms with E-state index in [9.17, 15) is 0 Å². The number of fused-ring (bicyclic) bond motifs is 5. The lowest BCUT2D eigenvalue weighted by atomic mass is 9.92. The highest BCUT2D eigenvalue weighted by atomic mass is 31.2. The minimum Gasteiger partial charge on any atom is -0.455 e. The molecule has 2 aromatic heterocycles. The zero-order valence-electron chi connectivity index (χ0n) is 32.9. The third-order valence-corrected chi connectivity index (χ3v) is 14.5. The summed E-state index contributed by atoms with van der Waals surface area (Å²) in [6.07, 6.45) is 0. The summed E-state index contributed by atoms with van der Waals surface area (Å²) in [6, 6.07) is 73.3. The Kier molecular flexibility index (Phi) is 9.03. The Bertz CT molecular complexity index is 3320. The van der Waals surface area contributed by atoms with E-state index < -0.39 is 7.14 Å². The molecule has 11 rings (SSSR count). The smallest absolute Gasteiger partial charge is 0.171 e. The molecule has 11 aromatic rings. The Labute approximate surface area is 353 Å². The zero-order valence-corrected chi connectivity index (χ0v) is 33.8. The molecule has 5 nitrogen and oxygen atoms in total. The molecule has 0 fully saturated rings. The van der Waals surface area contributed by atoms with E-state index in [1.807, 2.05) is 146 Å². The molecule has 0 aliphatic rings. The molecular weight excluding hydrogens is 766 g/mol. The number of hydrogen-bond donors (Lipinski definition) is 0. The van der Waals surface area contributed by atoms with Crippen LogP contribution in [0.5, 0.6) is 0 Å². The minimum absolute atomic E-state index is 0.600. The highest BCUT2D eigenvalue weighted by molar-refractivity contribution is 7.85. The first-order valence-corrected chi connectivity index (χ1v) is 22.0.